The maximum Gasteiger partial charge on any atom is 0.410 e. The lowest BCUT2D eigenvalue weighted by molar-refractivity contribution is -0.0321. The van der Waals surface area contributed by atoms with Gasteiger partial charge in [-0.1, -0.05) is 0 Å². The number of morpholine rings is 1. The van der Waals surface area contributed by atoms with Gasteiger partial charge in [-0.25, -0.2) is 4.79 Å². The normalized spacial score (nSPS) is 20.2. The third-order valence-corrected chi connectivity index (χ3v) is 3.72. The highest BCUT2D eigenvalue weighted by Gasteiger charge is 2.31. The van der Waals surface area contributed by atoms with Gasteiger partial charge in [0.25, 0.3) is 0 Å². The maximum absolute atomic E-state index is 12.4. The Hall–Kier alpha value is -1.66. The molecule has 1 saturated heterocycles. The predicted octanol–water partition coefficient (Wildman–Crippen LogP) is 2.37. The fraction of sp³-hybridized carbons (Fsp3) is 0.647. The second-order valence-electron chi connectivity index (χ2n) is 6.81. The zero-order chi connectivity index (χ0) is 16.9. The molecule has 1 amide bonds. The van der Waals surface area contributed by atoms with Crippen LogP contribution in [0.5, 0.6) is 0 Å². The van der Waals surface area contributed by atoms with E-state index >= 15 is 0 Å². The Balaban J connectivity index is 1.92. The van der Waals surface area contributed by atoms with E-state index in [0.717, 1.165) is 0 Å². The van der Waals surface area contributed by atoms with E-state index in [0.29, 0.717) is 26.3 Å². The van der Waals surface area contributed by atoms with Gasteiger partial charge in [-0.15, -0.1) is 0 Å². The molecule has 23 heavy (non-hydrogen) atoms. The van der Waals surface area contributed by atoms with Crippen LogP contribution in [0.3, 0.4) is 0 Å². The molecule has 1 fully saturated rings. The first-order chi connectivity index (χ1) is 10.9. The highest BCUT2D eigenvalue weighted by molar-refractivity contribution is 5.68. The van der Waals surface area contributed by atoms with E-state index in [1.165, 1.54) is 5.56 Å². The number of nitrogens with zero attached hydrogens (tertiary/aromatic N) is 2. The number of nitrogens with one attached hydrogen (secondary N) is 1. The molecule has 1 N–H and O–H groups in total. The molecule has 0 saturated carbocycles. The van der Waals surface area contributed by atoms with Crippen LogP contribution in [0, 0.1) is 0 Å². The fourth-order valence-electron chi connectivity index (χ4n) is 2.47. The van der Waals surface area contributed by atoms with Crippen molar-refractivity contribution in [3.8, 4) is 0 Å². The number of hydrogen-bond donors (Lipinski definition) is 1. The van der Waals surface area contributed by atoms with Crippen molar-refractivity contribution >= 4 is 6.09 Å². The number of hydrogen-bond acceptors (Lipinski definition) is 5. The molecule has 6 nitrogen and oxygen atoms in total. The molecule has 1 aliphatic heterocycles. The van der Waals surface area contributed by atoms with E-state index in [9.17, 15) is 4.79 Å². The number of carbonyl (C=O) groups is 1. The molecule has 1 aromatic heterocycles. The van der Waals surface area contributed by atoms with Crippen molar-refractivity contribution in [2.45, 2.75) is 45.4 Å². The fourth-order valence-corrected chi connectivity index (χ4v) is 2.47. The highest BCUT2D eigenvalue weighted by Crippen LogP contribution is 2.16. The number of pyridine rings is 1. The zero-order valence-electron chi connectivity index (χ0n) is 14.4. The quantitative estimate of drug-likeness (QED) is 0.922. The Kier molecular flexibility index (Phi) is 5.96. The lowest BCUT2D eigenvalue weighted by Gasteiger charge is -2.37. The standard InChI is InChI=1S/C17H27N3O3/c1-13(14-5-7-18-8-6-14)19-11-15-12-22-10-9-20(15)16(21)23-17(2,3)4/h5-8,13,15,19H,9-12H2,1-4H3. The molecule has 0 bridgehead atoms. The van der Waals surface area contributed by atoms with Crippen LogP contribution >= 0.6 is 0 Å². The summed E-state index contributed by atoms with van der Waals surface area (Å²) in [7, 11) is 0. The van der Waals surface area contributed by atoms with Crippen LogP contribution in [0.15, 0.2) is 24.5 Å². The molecular formula is C17H27N3O3. The summed E-state index contributed by atoms with van der Waals surface area (Å²) in [5.41, 5.74) is 0.679. The van der Waals surface area contributed by atoms with Crippen LogP contribution in [-0.4, -0.2) is 53.9 Å². The van der Waals surface area contributed by atoms with Gasteiger partial charge in [0, 0.05) is 31.5 Å². The molecule has 0 radical (unpaired) electrons. The first-order valence-corrected chi connectivity index (χ1v) is 8.07. The molecule has 1 aromatic rings. The third kappa shape index (κ3) is 5.48. The summed E-state index contributed by atoms with van der Waals surface area (Å²) in [6.07, 6.45) is 3.29. The van der Waals surface area contributed by atoms with E-state index in [1.54, 1.807) is 17.3 Å². The van der Waals surface area contributed by atoms with Gasteiger partial charge in [0.05, 0.1) is 19.3 Å². The molecule has 0 aromatic carbocycles. The Morgan fingerprint density at radius 2 is 2.17 bits per heavy atom. The summed E-state index contributed by atoms with van der Waals surface area (Å²) in [5.74, 6) is 0. The van der Waals surface area contributed by atoms with Crippen LogP contribution in [0.25, 0.3) is 0 Å². The molecule has 128 valence electrons. The summed E-state index contributed by atoms with van der Waals surface area (Å²) < 4.78 is 11.0. The van der Waals surface area contributed by atoms with Crippen LogP contribution in [0.4, 0.5) is 4.79 Å². The largest absolute Gasteiger partial charge is 0.444 e. The van der Waals surface area contributed by atoms with Crippen molar-refractivity contribution in [3.05, 3.63) is 30.1 Å². The zero-order valence-corrected chi connectivity index (χ0v) is 14.4. The second kappa shape index (κ2) is 7.75. The molecule has 0 spiro atoms. The average Bonchev–Trinajstić information content (AvgIpc) is 2.52. The van der Waals surface area contributed by atoms with Crippen LogP contribution in [0.1, 0.15) is 39.3 Å². The molecule has 2 rings (SSSR count). The number of aromatic nitrogens is 1. The number of carbonyl (C=O) groups excluding carboxylic acids is 1. The van der Waals surface area contributed by atoms with Gasteiger partial charge in [-0.2, -0.15) is 0 Å². The minimum Gasteiger partial charge on any atom is -0.444 e. The minimum atomic E-state index is -0.488. The summed E-state index contributed by atoms with van der Waals surface area (Å²) in [6.45, 7) is 10.0. The van der Waals surface area contributed by atoms with Gasteiger partial charge in [-0.05, 0) is 45.4 Å². The number of rotatable bonds is 4. The van der Waals surface area contributed by atoms with Crippen molar-refractivity contribution in [1.82, 2.24) is 15.2 Å². The Morgan fingerprint density at radius 3 is 2.83 bits per heavy atom. The van der Waals surface area contributed by atoms with Crippen LogP contribution in [0.2, 0.25) is 0 Å². The van der Waals surface area contributed by atoms with Crippen LogP contribution < -0.4 is 5.32 Å². The van der Waals surface area contributed by atoms with Crippen LogP contribution in [-0.2, 0) is 9.47 Å². The number of amides is 1. The van der Waals surface area contributed by atoms with E-state index in [2.05, 4.69) is 17.2 Å². The van der Waals surface area contributed by atoms with Crippen molar-refractivity contribution in [3.63, 3.8) is 0 Å². The molecular weight excluding hydrogens is 294 g/mol. The highest BCUT2D eigenvalue weighted by atomic mass is 16.6. The SMILES string of the molecule is CC(NCC1COCCN1C(=O)OC(C)(C)C)c1ccncc1. The monoisotopic (exact) mass is 321 g/mol. The number of ether oxygens (including phenoxy) is 2. The smallest absolute Gasteiger partial charge is 0.410 e. The van der Waals surface area contributed by atoms with Gasteiger partial charge in [0.15, 0.2) is 0 Å². The van der Waals surface area contributed by atoms with E-state index in [4.69, 9.17) is 9.47 Å². The maximum atomic E-state index is 12.4. The third-order valence-electron chi connectivity index (χ3n) is 3.72. The summed E-state index contributed by atoms with van der Waals surface area (Å²) in [6, 6.07) is 4.13. The molecule has 6 heteroatoms. The minimum absolute atomic E-state index is 0.0251. The molecule has 1 aliphatic rings. The Labute approximate surface area is 138 Å². The first kappa shape index (κ1) is 17.7. The van der Waals surface area contributed by atoms with Gasteiger partial charge in [0.2, 0.25) is 0 Å². The van der Waals surface area contributed by atoms with Gasteiger partial charge in [0.1, 0.15) is 5.60 Å². The van der Waals surface area contributed by atoms with E-state index < -0.39 is 5.60 Å². The molecule has 0 aliphatic carbocycles. The molecule has 2 atom stereocenters. The van der Waals surface area contributed by atoms with E-state index in [-0.39, 0.29) is 18.2 Å². The summed E-state index contributed by atoms with van der Waals surface area (Å²) >= 11 is 0. The molecule has 2 unspecified atom stereocenters. The van der Waals surface area contributed by atoms with Crippen molar-refractivity contribution in [2.24, 2.45) is 0 Å². The van der Waals surface area contributed by atoms with E-state index in [1.807, 2.05) is 32.9 Å². The Bertz CT molecular complexity index is 502. The second-order valence-corrected chi connectivity index (χ2v) is 6.81. The van der Waals surface area contributed by atoms with Crippen molar-refractivity contribution in [1.29, 1.82) is 0 Å². The predicted molar refractivity (Wildman–Crippen MR) is 88.2 cm³/mol. The van der Waals surface area contributed by atoms with Crippen molar-refractivity contribution < 1.29 is 14.3 Å². The van der Waals surface area contributed by atoms with Gasteiger partial charge < -0.3 is 14.8 Å². The molecule has 2 heterocycles. The summed E-state index contributed by atoms with van der Waals surface area (Å²) in [5, 5.41) is 3.46. The Morgan fingerprint density at radius 1 is 1.48 bits per heavy atom. The summed E-state index contributed by atoms with van der Waals surface area (Å²) in [4.78, 5) is 18.1. The average molecular weight is 321 g/mol. The topological polar surface area (TPSA) is 63.7 Å². The van der Waals surface area contributed by atoms with Gasteiger partial charge in [-0.3, -0.25) is 9.88 Å². The lowest BCUT2D eigenvalue weighted by Crippen LogP contribution is -2.54. The van der Waals surface area contributed by atoms with Crippen molar-refractivity contribution in [2.75, 3.05) is 26.3 Å². The first-order valence-electron chi connectivity index (χ1n) is 8.07. The van der Waals surface area contributed by atoms with Gasteiger partial charge >= 0.3 is 6.09 Å². The lowest BCUT2D eigenvalue weighted by atomic mass is 10.1.